The minimum absolute atomic E-state index is 0.251. The van der Waals surface area contributed by atoms with Crippen LogP contribution in [0.3, 0.4) is 0 Å². The Kier molecular flexibility index (Phi) is 14.0. The Balaban J connectivity index is 3.85. The van der Waals surface area contributed by atoms with Crippen LogP contribution in [0.2, 0.25) is 0 Å². The summed E-state index contributed by atoms with van der Waals surface area (Å²) in [6.45, 7) is 2.68. The van der Waals surface area contributed by atoms with E-state index in [1.54, 1.807) is 0 Å². The van der Waals surface area contributed by atoms with E-state index in [9.17, 15) is 14.7 Å². The first kappa shape index (κ1) is 24.6. The third kappa shape index (κ3) is 17.5. The van der Waals surface area contributed by atoms with E-state index < -0.39 is 12.1 Å². The topological polar surface area (TPSA) is 66.4 Å². The molecule has 0 N–H and O–H groups in total. The molecule has 0 saturated carbocycles. The second kappa shape index (κ2) is 14.8. The maximum absolute atomic E-state index is 11.9. The first-order valence-corrected chi connectivity index (χ1v) is 10.1. The predicted molar refractivity (Wildman–Crippen MR) is 103 cm³/mol. The largest absolute Gasteiger partial charge is 0.550 e. The van der Waals surface area contributed by atoms with Crippen LogP contribution in [0.1, 0.15) is 77.6 Å². The molecule has 0 aromatic rings. The summed E-state index contributed by atoms with van der Waals surface area (Å²) in [7, 11) is 5.81. The highest BCUT2D eigenvalue weighted by atomic mass is 16.5. The van der Waals surface area contributed by atoms with Crippen molar-refractivity contribution in [2.45, 2.75) is 83.7 Å². The Hall–Kier alpha value is -1.36. The van der Waals surface area contributed by atoms with Gasteiger partial charge in [0.2, 0.25) is 0 Å². The number of carbonyl (C=O) groups excluding carboxylic acids is 2. The Morgan fingerprint density at radius 3 is 2.12 bits per heavy atom. The lowest BCUT2D eigenvalue weighted by Gasteiger charge is -2.29. The Labute approximate surface area is 160 Å². The molecule has 0 aromatic heterocycles. The average molecular weight is 370 g/mol. The molecule has 0 heterocycles. The van der Waals surface area contributed by atoms with E-state index in [2.05, 4.69) is 19.1 Å². The molecule has 0 aliphatic rings. The van der Waals surface area contributed by atoms with Crippen LogP contribution in [0, 0.1) is 0 Å². The molecule has 0 aromatic carbocycles. The lowest BCUT2D eigenvalue weighted by Crippen LogP contribution is -2.45. The second-order valence-electron chi connectivity index (χ2n) is 8.08. The Bertz CT molecular complexity index is 413. The molecule has 0 unspecified atom stereocenters. The summed E-state index contributed by atoms with van der Waals surface area (Å²) < 4.78 is 5.86. The molecular formula is C21H39NO4. The fourth-order valence-electron chi connectivity index (χ4n) is 2.83. The number of likely N-dealkylation sites (N-methyl/N-ethyl adjacent to an activating group) is 1. The van der Waals surface area contributed by atoms with E-state index in [4.69, 9.17) is 4.74 Å². The molecule has 5 nitrogen and oxygen atoms in total. The van der Waals surface area contributed by atoms with Gasteiger partial charge in [-0.1, -0.05) is 51.2 Å². The molecule has 26 heavy (non-hydrogen) atoms. The fourth-order valence-corrected chi connectivity index (χ4v) is 2.83. The van der Waals surface area contributed by atoms with Crippen LogP contribution in [0.15, 0.2) is 12.2 Å². The smallest absolute Gasteiger partial charge is 0.306 e. The van der Waals surface area contributed by atoms with Crippen molar-refractivity contribution in [1.29, 1.82) is 0 Å². The minimum Gasteiger partial charge on any atom is -0.550 e. The van der Waals surface area contributed by atoms with Crippen molar-refractivity contribution in [3.05, 3.63) is 12.2 Å². The van der Waals surface area contributed by atoms with Gasteiger partial charge in [-0.15, -0.1) is 0 Å². The van der Waals surface area contributed by atoms with Crippen LogP contribution >= 0.6 is 0 Å². The van der Waals surface area contributed by atoms with Crippen molar-refractivity contribution in [1.82, 2.24) is 0 Å². The SMILES string of the molecule is CCCCCCCC/C=C/CCCC(=O)O[C@H](CC(=O)[O-])C[N+](C)(C)C. The molecule has 0 saturated heterocycles. The number of nitrogens with zero attached hydrogens (tertiary/aromatic N) is 1. The van der Waals surface area contributed by atoms with Crippen LogP contribution in [0.4, 0.5) is 0 Å². The molecule has 0 bridgehead atoms. The van der Waals surface area contributed by atoms with Crippen molar-refractivity contribution in [3.63, 3.8) is 0 Å². The zero-order valence-corrected chi connectivity index (χ0v) is 17.3. The van der Waals surface area contributed by atoms with E-state index in [-0.39, 0.29) is 12.4 Å². The number of ether oxygens (including phenoxy) is 1. The second-order valence-corrected chi connectivity index (χ2v) is 8.08. The molecule has 0 rings (SSSR count). The number of esters is 1. The van der Waals surface area contributed by atoms with Gasteiger partial charge in [0.1, 0.15) is 6.54 Å². The van der Waals surface area contributed by atoms with E-state index in [1.807, 2.05) is 21.1 Å². The highest BCUT2D eigenvalue weighted by molar-refractivity contribution is 5.70. The fraction of sp³-hybridized carbons (Fsp3) is 0.810. The molecular weight excluding hydrogens is 330 g/mol. The number of unbranched alkanes of at least 4 members (excludes halogenated alkanes) is 7. The first-order chi connectivity index (χ1) is 12.2. The van der Waals surface area contributed by atoms with Crippen LogP contribution in [-0.2, 0) is 14.3 Å². The average Bonchev–Trinajstić information content (AvgIpc) is 2.50. The Morgan fingerprint density at radius 2 is 1.54 bits per heavy atom. The normalized spacial score (nSPS) is 13.1. The number of hydrogen-bond acceptors (Lipinski definition) is 4. The summed E-state index contributed by atoms with van der Waals surface area (Å²) >= 11 is 0. The highest BCUT2D eigenvalue weighted by Crippen LogP contribution is 2.09. The van der Waals surface area contributed by atoms with Gasteiger partial charge in [-0.2, -0.15) is 0 Å². The van der Waals surface area contributed by atoms with Crippen molar-refractivity contribution in [2.75, 3.05) is 27.7 Å². The molecule has 1 atom stereocenters. The van der Waals surface area contributed by atoms with Gasteiger partial charge in [0.25, 0.3) is 0 Å². The van der Waals surface area contributed by atoms with Crippen molar-refractivity contribution in [2.24, 2.45) is 0 Å². The van der Waals surface area contributed by atoms with Crippen LogP contribution < -0.4 is 5.11 Å². The molecule has 0 spiro atoms. The number of carboxylic acids is 1. The van der Waals surface area contributed by atoms with Gasteiger partial charge >= 0.3 is 5.97 Å². The molecule has 0 fully saturated rings. The molecule has 0 amide bonds. The summed E-state index contributed by atoms with van der Waals surface area (Å²) in [6.07, 6.45) is 14.3. The van der Waals surface area contributed by atoms with E-state index in [1.165, 1.54) is 38.5 Å². The van der Waals surface area contributed by atoms with E-state index >= 15 is 0 Å². The van der Waals surface area contributed by atoms with E-state index in [0.29, 0.717) is 17.4 Å². The quantitative estimate of drug-likeness (QED) is 0.181. The summed E-state index contributed by atoms with van der Waals surface area (Å²) in [5, 5.41) is 10.8. The van der Waals surface area contributed by atoms with Gasteiger partial charge in [-0.3, -0.25) is 4.79 Å². The number of carboxylic acid groups (broad SMARTS) is 1. The van der Waals surface area contributed by atoms with Crippen molar-refractivity contribution < 1.29 is 23.9 Å². The monoisotopic (exact) mass is 369 g/mol. The third-order valence-electron chi connectivity index (χ3n) is 4.09. The van der Waals surface area contributed by atoms with Gasteiger partial charge < -0.3 is 19.1 Å². The zero-order valence-electron chi connectivity index (χ0n) is 17.3. The van der Waals surface area contributed by atoms with Gasteiger partial charge in [-0.25, -0.2) is 0 Å². The van der Waals surface area contributed by atoms with Crippen LogP contribution in [-0.4, -0.2) is 50.2 Å². The lowest BCUT2D eigenvalue weighted by molar-refractivity contribution is -0.873. The number of quaternary nitrogens is 1. The maximum atomic E-state index is 11.9. The molecule has 152 valence electrons. The molecule has 0 aliphatic heterocycles. The van der Waals surface area contributed by atoms with Crippen LogP contribution in [0.5, 0.6) is 0 Å². The molecule has 0 aliphatic carbocycles. The predicted octanol–water partition coefficient (Wildman–Crippen LogP) is 3.22. The first-order valence-electron chi connectivity index (χ1n) is 10.1. The standard InChI is InChI=1S/C21H39NO4/c1-5-6-7-8-9-10-11-12-13-14-15-16-21(25)26-19(17-20(23)24)18-22(2,3)4/h12-13,19H,5-11,14-18H2,1-4H3/b13-12+/t19-/m1/s1. The van der Waals surface area contributed by atoms with Crippen LogP contribution in [0.25, 0.3) is 0 Å². The molecule has 5 heteroatoms. The number of allylic oxidation sites excluding steroid dienone is 2. The molecule has 0 radical (unpaired) electrons. The van der Waals surface area contributed by atoms with Crippen molar-refractivity contribution in [3.8, 4) is 0 Å². The summed E-state index contributed by atoms with van der Waals surface area (Å²) in [4.78, 5) is 22.7. The number of carbonyl (C=O) groups is 2. The van der Waals surface area contributed by atoms with Gasteiger partial charge in [-0.05, 0) is 25.7 Å². The zero-order chi connectivity index (χ0) is 19.8. The van der Waals surface area contributed by atoms with E-state index in [0.717, 1.165) is 19.3 Å². The van der Waals surface area contributed by atoms with Gasteiger partial charge in [0, 0.05) is 18.8 Å². The summed E-state index contributed by atoms with van der Waals surface area (Å²) in [6, 6.07) is 0. The summed E-state index contributed by atoms with van der Waals surface area (Å²) in [5.74, 6) is -1.51. The highest BCUT2D eigenvalue weighted by Gasteiger charge is 2.22. The summed E-state index contributed by atoms with van der Waals surface area (Å²) in [5.41, 5.74) is 0. The Morgan fingerprint density at radius 1 is 0.962 bits per heavy atom. The minimum atomic E-state index is -1.19. The lowest BCUT2D eigenvalue weighted by atomic mass is 10.1. The van der Waals surface area contributed by atoms with Crippen molar-refractivity contribution >= 4 is 11.9 Å². The maximum Gasteiger partial charge on any atom is 0.306 e. The van der Waals surface area contributed by atoms with Gasteiger partial charge in [0.05, 0.1) is 21.1 Å². The number of rotatable bonds is 16. The number of aliphatic carboxylic acids is 1. The van der Waals surface area contributed by atoms with Gasteiger partial charge in [0.15, 0.2) is 6.10 Å². The third-order valence-corrected chi connectivity index (χ3v) is 4.09. The number of hydrogen-bond donors (Lipinski definition) is 0.